The van der Waals surface area contributed by atoms with Crippen molar-refractivity contribution in [3.63, 3.8) is 0 Å². The van der Waals surface area contributed by atoms with Crippen LogP contribution in [-0.2, 0) is 0 Å². The first-order chi connectivity index (χ1) is 12.4. The largest absolute Gasteiger partial charge is 0.508 e. The molecule has 0 aliphatic rings. The third-order valence-corrected chi connectivity index (χ3v) is 4.59. The highest BCUT2D eigenvalue weighted by atomic mass is 35.5. The van der Waals surface area contributed by atoms with E-state index in [9.17, 15) is 9.50 Å². The fourth-order valence-electron chi connectivity index (χ4n) is 2.53. The van der Waals surface area contributed by atoms with Crippen LogP contribution in [0.5, 0.6) is 11.5 Å². The van der Waals surface area contributed by atoms with Crippen LogP contribution < -0.4 is 10.5 Å². The lowest BCUT2D eigenvalue weighted by atomic mass is 10.1. The molecule has 0 saturated carbocycles. The van der Waals surface area contributed by atoms with Crippen LogP contribution in [0.4, 0.5) is 10.2 Å². The monoisotopic (exact) mass is 392 g/mol. The van der Waals surface area contributed by atoms with Gasteiger partial charge in [-0.05, 0) is 42.8 Å². The number of nitrogens with zero attached hydrogens (tertiary/aromatic N) is 1. The van der Waals surface area contributed by atoms with Crippen LogP contribution in [0.25, 0.3) is 11.1 Å². The van der Waals surface area contributed by atoms with Gasteiger partial charge in [-0.3, -0.25) is 0 Å². The minimum absolute atomic E-state index is 0.0915. The number of hydrogen-bond acceptors (Lipinski definition) is 4. The second kappa shape index (κ2) is 7.40. The summed E-state index contributed by atoms with van der Waals surface area (Å²) >= 11 is 12.2. The molecule has 0 radical (unpaired) electrons. The highest BCUT2D eigenvalue weighted by Gasteiger charge is 2.20. The SMILES string of the molecule is CC(Oc1cc(-c2ccc(O)cc2)cnc1N)c1c(Cl)ccc(F)c1Cl. The molecule has 0 bridgehead atoms. The average molecular weight is 393 g/mol. The van der Waals surface area contributed by atoms with Gasteiger partial charge in [0.2, 0.25) is 0 Å². The number of aromatic nitrogens is 1. The van der Waals surface area contributed by atoms with E-state index >= 15 is 0 Å². The summed E-state index contributed by atoms with van der Waals surface area (Å²) in [5.41, 5.74) is 7.82. The van der Waals surface area contributed by atoms with Crippen molar-refractivity contribution in [3.8, 4) is 22.6 Å². The molecule has 1 unspecified atom stereocenters. The zero-order chi connectivity index (χ0) is 18.8. The van der Waals surface area contributed by atoms with Gasteiger partial charge in [-0.1, -0.05) is 35.3 Å². The van der Waals surface area contributed by atoms with Crippen molar-refractivity contribution in [2.75, 3.05) is 5.73 Å². The Morgan fingerprint density at radius 2 is 1.81 bits per heavy atom. The number of aromatic hydroxyl groups is 1. The van der Waals surface area contributed by atoms with E-state index in [1.54, 1.807) is 43.5 Å². The Hall–Kier alpha value is -2.50. The predicted octanol–water partition coefficient (Wildman–Crippen LogP) is 5.62. The Kier molecular flexibility index (Phi) is 5.20. The van der Waals surface area contributed by atoms with E-state index in [0.29, 0.717) is 16.3 Å². The van der Waals surface area contributed by atoms with Gasteiger partial charge in [-0.2, -0.15) is 0 Å². The molecule has 7 heteroatoms. The van der Waals surface area contributed by atoms with Crippen LogP contribution in [0.15, 0.2) is 48.7 Å². The third kappa shape index (κ3) is 3.69. The van der Waals surface area contributed by atoms with Gasteiger partial charge in [0.25, 0.3) is 0 Å². The van der Waals surface area contributed by atoms with Crippen molar-refractivity contribution in [3.05, 3.63) is 70.1 Å². The molecule has 3 aromatic rings. The van der Waals surface area contributed by atoms with Crippen molar-refractivity contribution in [2.45, 2.75) is 13.0 Å². The van der Waals surface area contributed by atoms with Gasteiger partial charge in [0.1, 0.15) is 17.7 Å². The minimum atomic E-state index is -0.648. The summed E-state index contributed by atoms with van der Waals surface area (Å²) in [4.78, 5) is 4.14. The number of phenols is 1. The van der Waals surface area contributed by atoms with Crippen molar-refractivity contribution < 1.29 is 14.2 Å². The van der Waals surface area contributed by atoms with Crippen molar-refractivity contribution in [2.24, 2.45) is 0 Å². The highest BCUT2D eigenvalue weighted by Crippen LogP contribution is 2.37. The van der Waals surface area contributed by atoms with E-state index in [1.165, 1.54) is 12.1 Å². The summed E-state index contributed by atoms with van der Waals surface area (Å²) < 4.78 is 19.6. The normalized spacial score (nSPS) is 12.0. The molecule has 1 atom stereocenters. The Morgan fingerprint density at radius 1 is 1.12 bits per heavy atom. The third-order valence-electron chi connectivity index (χ3n) is 3.87. The number of nitrogens with two attached hydrogens (primary N) is 1. The highest BCUT2D eigenvalue weighted by molar-refractivity contribution is 6.36. The standard InChI is InChI=1S/C19H15Cl2FN2O2/c1-10(17-14(20)6-7-15(22)18(17)21)26-16-8-12(9-24-19(16)23)11-2-4-13(25)5-3-11/h2-10,25H,1H3,(H2,23,24). The number of phenolic OH excluding ortho intramolecular Hbond substituents is 1. The second-order valence-electron chi connectivity index (χ2n) is 5.67. The van der Waals surface area contributed by atoms with Gasteiger partial charge in [0.15, 0.2) is 11.6 Å². The molecule has 1 heterocycles. The lowest BCUT2D eigenvalue weighted by Gasteiger charge is -2.19. The molecular weight excluding hydrogens is 378 g/mol. The Labute approximate surface area is 160 Å². The predicted molar refractivity (Wildman–Crippen MR) is 101 cm³/mol. The minimum Gasteiger partial charge on any atom is -0.508 e. The first-order valence-corrected chi connectivity index (χ1v) is 8.47. The number of nitrogen functional groups attached to an aromatic ring is 1. The molecule has 0 fully saturated rings. The van der Waals surface area contributed by atoms with E-state index in [1.807, 2.05) is 0 Å². The molecule has 4 nitrogen and oxygen atoms in total. The number of benzene rings is 2. The number of halogens is 3. The fraction of sp³-hybridized carbons (Fsp3) is 0.105. The number of hydrogen-bond donors (Lipinski definition) is 2. The Morgan fingerprint density at radius 3 is 2.50 bits per heavy atom. The number of ether oxygens (including phenoxy) is 1. The van der Waals surface area contributed by atoms with E-state index in [2.05, 4.69) is 4.98 Å². The van der Waals surface area contributed by atoms with Gasteiger partial charge in [0.05, 0.1) is 5.02 Å². The zero-order valence-corrected chi connectivity index (χ0v) is 15.2. The average Bonchev–Trinajstić information content (AvgIpc) is 2.61. The lowest BCUT2D eigenvalue weighted by Crippen LogP contribution is -2.08. The molecule has 0 spiro atoms. The van der Waals surface area contributed by atoms with Crippen LogP contribution in [-0.4, -0.2) is 10.1 Å². The molecule has 1 aromatic heterocycles. The number of pyridine rings is 1. The summed E-state index contributed by atoms with van der Waals surface area (Å²) in [6.07, 6.45) is 0.950. The number of anilines is 1. The van der Waals surface area contributed by atoms with E-state index in [-0.39, 0.29) is 16.6 Å². The smallest absolute Gasteiger partial charge is 0.166 e. The van der Waals surface area contributed by atoms with Gasteiger partial charge in [-0.15, -0.1) is 0 Å². The Balaban J connectivity index is 1.94. The summed E-state index contributed by atoms with van der Waals surface area (Å²) in [6, 6.07) is 11.0. The molecule has 3 N–H and O–H groups in total. The maximum atomic E-state index is 13.8. The van der Waals surface area contributed by atoms with Gasteiger partial charge < -0.3 is 15.6 Å². The zero-order valence-electron chi connectivity index (χ0n) is 13.7. The Bertz CT molecular complexity index is 949. The summed E-state index contributed by atoms with van der Waals surface area (Å²) in [5, 5.41) is 9.61. The maximum absolute atomic E-state index is 13.8. The maximum Gasteiger partial charge on any atom is 0.166 e. The van der Waals surface area contributed by atoms with Crippen molar-refractivity contribution in [1.29, 1.82) is 0 Å². The van der Waals surface area contributed by atoms with Crippen LogP contribution in [0.1, 0.15) is 18.6 Å². The van der Waals surface area contributed by atoms with Crippen LogP contribution in [0.3, 0.4) is 0 Å². The molecule has 0 aliphatic carbocycles. The fourth-order valence-corrected chi connectivity index (χ4v) is 3.20. The van der Waals surface area contributed by atoms with Gasteiger partial charge >= 0.3 is 0 Å². The topological polar surface area (TPSA) is 68.4 Å². The molecule has 2 aromatic carbocycles. The van der Waals surface area contributed by atoms with Crippen LogP contribution >= 0.6 is 23.2 Å². The summed E-state index contributed by atoms with van der Waals surface area (Å²) in [6.45, 7) is 1.69. The van der Waals surface area contributed by atoms with E-state index in [4.69, 9.17) is 33.7 Å². The number of rotatable bonds is 4. The van der Waals surface area contributed by atoms with Crippen molar-refractivity contribution >= 4 is 29.0 Å². The lowest BCUT2D eigenvalue weighted by molar-refractivity contribution is 0.227. The first kappa shape index (κ1) is 18.3. The van der Waals surface area contributed by atoms with E-state index in [0.717, 1.165) is 11.1 Å². The van der Waals surface area contributed by atoms with Crippen molar-refractivity contribution in [1.82, 2.24) is 4.98 Å². The molecule has 3 rings (SSSR count). The molecule has 26 heavy (non-hydrogen) atoms. The molecule has 0 amide bonds. The second-order valence-corrected chi connectivity index (χ2v) is 6.46. The molecule has 134 valence electrons. The molecular formula is C19H15Cl2FN2O2. The molecule has 0 aliphatic heterocycles. The van der Waals surface area contributed by atoms with Gasteiger partial charge in [-0.25, -0.2) is 9.37 Å². The van der Waals surface area contributed by atoms with Crippen LogP contribution in [0.2, 0.25) is 10.0 Å². The van der Waals surface area contributed by atoms with Gasteiger partial charge in [0, 0.05) is 22.3 Å². The van der Waals surface area contributed by atoms with Crippen LogP contribution in [0, 0.1) is 5.82 Å². The summed E-state index contributed by atoms with van der Waals surface area (Å²) in [7, 11) is 0. The van der Waals surface area contributed by atoms with E-state index < -0.39 is 11.9 Å². The molecule has 0 saturated heterocycles. The summed E-state index contributed by atoms with van der Waals surface area (Å²) in [5.74, 6) is 0.0885. The quantitative estimate of drug-likeness (QED) is 0.565. The first-order valence-electron chi connectivity index (χ1n) is 7.71.